The second kappa shape index (κ2) is 7.11. The largest absolute Gasteiger partial charge is 0.489 e. The monoisotopic (exact) mass is 375 g/mol. The molecular weight excluding hydrogens is 354 g/mol. The van der Waals surface area contributed by atoms with Crippen molar-refractivity contribution < 1.29 is 13.2 Å². The van der Waals surface area contributed by atoms with Gasteiger partial charge in [-0.05, 0) is 65.9 Å². The van der Waals surface area contributed by atoms with Crippen LogP contribution in [0.2, 0.25) is 0 Å². The highest BCUT2D eigenvalue weighted by atomic mass is 79.9. The van der Waals surface area contributed by atoms with Crippen LogP contribution in [0.15, 0.2) is 22.7 Å². The van der Waals surface area contributed by atoms with Crippen LogP contribution in [-0.2, 0) is 16.3 Å². The first-order chi connectivity index (χ1) is 9.90. The summed E-state index contributed by atoms with van der Waals surface area (Å²) < 4.78 is 30.3. The van der Waals surface area contributed by atoms with Gasteiger partial charge in [-0.15, -0.1) is 0 Å². The fourth-order valence-electron chi connectivity index (χ4n) is 2.74. The average molecular weight is 376 g/mol. The van der Waals surface area contributed by atoms with Crippen molar-refractivity contribution in [3.05, 3.63) is 28.2 Å². The van der Waals surface area contributed by atoms with E-state index in [0.29, 0.717) is 13.0 Å². The van der Waals surface area contributed by atoms with E-state index in [4.69, 9.17) is 10.5 Å². The molecule has 1 aromatic carbocycles. The van der Waals surface area contributed by atoms with E-state index in [2.05, 4.69) is 15.9 Å². The summed E-state index contributed by atoms with van der Waals surface area (Å²) in [6, 6.07) is 5.95. The molecule has 1 aliphatic carbocycles. The van der Waals surface area contributed by atoms with E-state index < -0.39 is 9.84 Å². The Bertz CT molecular complexity index is 589. The molecule has 21 heavy (non-hydrogen) atoms. The number of rotatable bonds is 5. The molecule has 1 saturated carbocycles. The van der Waals surface area contributed by atoms with E-state index in [9.17, 15) is 8.42 Å². The first kappa shape index (κ1) is 16.8. The normalized spacial score (nSPS) is 23.0. The molecule has 0 radical (unpaired) electrons. The lowest BCUT2D eigenvalue weighted by Gasteiger charge is -2.29. The number of hydrogen-bond acceptors (Lipinski definition) is 4. The lowest BCUT2D eigenvalue weighted by Crippen LogP contribution is -2.33. The van der Waals surface area contributed by atoms with Gasteiger partial charge in [0, 0.05) is 12.7 Å². The highest BCUT2D eigenvalue weighted by Gasteiger charge is 2.30. The van der Waals surface area contributed by atoms with Crippen molar-refractivity contribution in [1.29, 1.82) is 0 Å². The Morgan fingerprint density at radius 1 is 1.38 bits per heavy atom. The molecule has 118 valence electrons. The number of ether oxygens (including phenoxy) is 1. The molecule has 0 amide bonds. The Morgan fingerprint density at radius 3 is 2.76 bits per heavy atom. The molecular formula is C15H22BrNO3S. The van der Waals surface area contributed by atoms with Crippen LogP contribution in [-0.4, -0.2) is 32.6 Å². The summed E-state index contributed by atoms with van der Waals surface area (Å²) in [4.78, 5) is 0. The minimum absolute atomic E-state index is 0.0323. The summed E-state index contributed by atoms with van der Waals surface area (Å²) in [5.41, 5.74) is 6.71. The molecule has 2 atom stereocenters. The Kier molecular flexibility index (Phi) is 5.68. The minimum Gasteiger partial charge on any atom is -0.489 e. The third kappa shape index (κ3) is 4.69. The summed E-state index contributed by atoms with van der Waals surface area (Å²) in [7, 11) is -2.98. The molecule has 0 spiro atoms. The first-order valence-electron chi connectivity index (χ1n) is 7.24. The number of nitrogens with two attached hydrogens (primary N) is 1. The van der Waals surface area contributed by atoms with Gasteiger partial charge in [0.2, 0.25) is 0 Å². The van der Waals surface area contributed by atoms with Gasteiger partial charge in [-0.1, -0.05) is 6.07 Å². The molecule has 1 fully saturated rings. The van der Waals surface area contributed by atoms with Crippen molar-refractivity contribution in [2.75, 3.05) is 12.8 Å². The van der Waals surface area contributed by atoms with Crippen LogP contribution < -0.4 is 10.5 Å². The molecule has 4 nitrogen and oxygen atoms in total. The zero-order valence-corrected chi connectivity index (χ0v) is 14.6. The smallest absolute Gasteiger partial charge is 0.150 e. The van der Waals surface area contributed by atoms with E-state index in [1.54, 1.807) is 0 Å². The SMILES string of the molecule is CS(=O)(=O)C1CCCC(Oc2ccc(CCN)cc2Br)C1. The molecule has 0 aromatic heterocycles. The third-order valence-corrected chi connectivity index (χ3v) is 6.17. The maximum Gasteiger partial charge on any atom is 0.150 e. The van der Waals surface area contributed by atoms with E-state index in [0.717, 1.165) is 41.5 Å². The van der Waals surface area contributed by atoms with Crippen LogP contribution in [0.3, 0.4) is 0 Å². The van der Waals surface area contributed by atoms with Crippen molar-refractivity contribution in [3.8, 4) is 5.75 Å². The van der Waals surface area contributed by atoms with Crippen LogP contribution in [0.25, 0.3) is 0 Å². The lowest BCUT2D eigenvalue weighted by molar-refractivity contribution is 0.155. The molecule has 2 N–H and O–H groups in total. The quantitative estimate of drug-likeness (QED) is 0.858. The van der Waals surface area contributed by atoms with Crippen LogP contribution in [0, 0.1) is 0 Å². The third-order valence-electron chi connectivity index (χ3n) is 3.91. The summed E-state index contributed by atoms with van der Waals surface area (Å²) in [5, 5.41) is -0.272. The summed E-state index contributed by atoms with van der Waals surface area (Å²) in [5.74, 6) is 0.773. The molecule has 0 saturated heterocycles. The molecule has 2 rings (SSSR count). The molecule has 0 heterocycles. The number of hydrogen-bond donors (Lipinski definition) is 1. The predicted molar refractivity (Wildman–Crippen MR) is 88.4 cm³/mol. The van der Waals surface area contributed by atoms with Crippen molar-refractivity contribution in [2.45, 2.75) is 43.5 Å². The van der Waals surface area contributed by atoms with E-state index >= 15 is 0 Å². The standard InChI is InChI=1S/C15H22BrNO3S/c1-21(18,19)13-4-2-3-12(10-13)20-15-6-5-11(7-8-17)9-14(15)16/h5-6,9,12-13H,2-4,7-8,10,17H2,1H3. The van der Waals surface area contributed by atoms with Gasteiger partial charge in [-0.25, -0.2) is 8.42 Å². The van der Waals surface area contributed by atoms with Crippen LogP contribution in [0.1, 0.15) is 31.2 Å². The second-order valence-corrected chi connectivity index (χ2v) is 8.84. The van der Waals surface area contributed by atoms with E-state index in [1.165, 1.54) is 6.26 Å². The fourth-order valence-corrected chi connectivity index (χ4v) is 4.42. The van der Waals surface area contributed by atoms with Crippen molar-refractivity contribution in [1.82, 2.24) is 0 Å². The zero-order valence-electron chi connectivity index (χ0n) is 12.2. The van der Waals surface area contributed by atoms with Gasteiger partial charge in [-0.2, -0.15) is 0 Å². The second-order valence-electron chi connectivity index (χ2n) is 5.66. The number of sulfone groups is 1. The maximum absolute atomic E-state index is 11.7. The van der Waals surface area contributed by atoms with Crippen LogP contribution >= 0.6 is 15.9 Å². The highest BCUT2D eigenvalue weighted by molar-refractivity contribution is 9.10. The molecule has 0 bridgehead atoms. The van der Waals surface area contributed by atoms with Gasteiger partial charge >= 0.3 is 0 Å². The zero-order chi connectivity index (χ0) is 15.5. The Labute approximate surface area is 135 Å². The predicted octanol–water partition coefficient (Wildman–Crippen LogP) is 2.68. The maximum atomic E-state index is 11.7. The highest BCUT2D eigenvalue weighted by Crippen LogP contribution is 2.32. The lowest BCUT2D eigenvalue weighted by atomic mass is 9.97. The Hall–Kier alpha value is -0.590. The van der Waals surface area contributed by atoms with Crippen molar-refractivity contribution in [2.24, 2.45) is 5.73 Å². The molecule has 6 heteroatoms. The van der Waals surface area contributed by atoms with Gasteiger partial charge < -0.3 is 10.5 Å². The molecule has 2 unspecified atom stereocenters. The molecule has 1 aromatic rings. The Morgan fingerprint density at radius 2 is 2.14 bits per heavy atom. The van der Waals surface area contributed by atoms with E-state index in [-0.39, 0.29) is 11.4 Å². The van der Waals surface area contributed by atoms with Gasteiger partial charge in [0.25, 0.3) is 0 Å². The Balaban J connectivity index is 2.04. The van der Waals surface area contributed by atoms with Crippen molar-refractivity contribution >= 4 is 25.8 Å². The van der Waals surface area contributed by atoms with Gasteiger partial charge in [0.1, 0.15) is 21.7 Å². The van der Waals surface area contributed by atoms with Gasteiger partial charge in [0.15, 0.2) is 0 Å². The summed E-state index contributed by atoms with van der Waals surface area (Å²) in [6.07, 6.45) is 5.24. The van der Waals surface area contributed by atoms with Crippen molar-refractivity contribution in [3.63, 3.8) is 0 Å². The summed E-state index contributed by atoms with van der Waals surface area (Å²) >= 11 is 3.51. The first-order valence-corrected chi connectivity index (χ1v) is 9.99. The van der Waals surface area contributed by atoms with Crippen LogP contribution in [0.5, 0.6) is 5.75 Å². The number of benzene rings is 1. The summed E-state index contributed by atoms with van der Waals surface area (Å²) in [6.45, 7) is 0.616. The topological polar surface area (TPSA) is 69.4 Å². The van der Waals surface area contributed by atoms with Gasteiger partial charge in [0.05, 0.1) is 9.72 Å². The fraction of sp³-hybridized carbons (Fsp3) is 0.600. The van der Waals surface area contributed by atoms with Crippen LogP contribution in [0.4, 0.5) is 0 Å². The minimum atomic E-state index is -2.98. The molecule has 0 aliphatic heterocycles. The number of halogens is 1. The molecule has 1 aliphatic rings. The van der Waals surface area contributed by atoms with E-state index in [1.807, 2.05) is 18.2 Å². The van der Waals surface area contributed by atoms with Gasteiger partial charge in [-0.3, -0.25) is 0 Å². The average Bonchev–Trinajstić information content (AvgIpc) is 2.42.